The molecule has 1 aromatic heterocycles. The molecule has 5 nitrogen and oxygen atoms in total. The molecule has 132 valence electrons. The van der Waals surface area contributed by atoms with E-state index in [4.69, 9.17) is 5.73 Å². The predicted molar refractivity (Wildman–Crippen MR) is 95.6 cm³/mol. The molecule has 6 heteroatoms. The number of carbonyl (C=O) groups is 1. The summed E-state index contributed by atoms with van der Waals surface area (Å²) in [6, 6.07) is 10.3. The fourth-order valence-corrected chi connectivity index (χ4v) is 3.38. The van der Waals surface area contributed by atoms with Gasteiger partial charge in [0.15, 0.2) is 0 Å². The number of nitrogens with zero attached hydrogens (tertiary/aromatic N) is 2. The molecule has 0 saturated carbocycles. The van der Waals surface area contributed by atoms with Crippen molar-refractivity contribution in [2.24, 2.45) is 5.73 Å². The van der Waals surface area contributed by atoms with Gasteiger partial charge in [0.05, 0.1) is 6.20 Å². The smallest absolute Gasteiger partial charge is 0.244 e. The molecular weight excluding hydrogens is 333 g/mol. The van der Waals surface area contributed by atoms with Crippen molar-refractivity contribution in [2.45, 2.75) is 25.5 Å². The molecule has 1 aliphatic carbocycles. The van der Waals surface area contributed by atoms with Crippen LogP contribution in [0.1, 0.15) is 31.1 Å². The van der Waals surface area contributed by atoms with Crippen molar-refractivity contribution < 1.29 is 14.3 Å². The Bertz CT molecular complexity index is 1040. The first-order valence-corrected chi connectivity index (χ1v) is 8.27. The Kier molecular flexibility index (Phi) is 3.49. The molecular formula is C20H18FN3O2. The molecule has 1 heterocycles. The maximum Gasteiger partial charge on any atom is 0.244 e. The van der Waals surface area contributed by atoms with Crippen LogP contribution >= 0.6 is 0 Å². The van der Waals surface area contributed by atoms with Gasteiger partial charge >= 0.3 is 0 Å². The number of hydrogen-bond donors (Lipinski definition) is 2. The largest absolute Gasteiger partial charge is 0.384 e. The summed E-state index contributed by atoms with van der Waals surface area (Å²) in [6.45, 7) is 3.34. The Labute approximate surface area is 149 Å². The summed E-state index contributed by atoms with van der Waals surface area (Å²) < 4.78 is 15.7. The molecule has 4 rings (SSSR count). The van der Waals surface area contributed by atoms with Gasteiger partial charge in [0.25, 0.3) is 0 Å². The number of primary amides is 1. The van der Waals surface area contributed by atoms with Gasteiger partial charge in [-0.2, -0.15) is 5.10 Å². The number of carbonyl (C=O) groups excluding carboxylic acids is 1. The van der Waals surface area contributed by atoms with Crippen LogP contribution in [0.25, 0.3) is 22.3 Å². The van der Waals surface area contributed by atoms with E-state index in [1.807, 2.05) is 24.3 Å². The standard InChI is InChI=1S/C20H18FN3O2/c1-20(2,19(22)26)24-10-11(9-23-24)15-7-12(21)8-16-17(15)13-5-3-4-6-14(13)18(16)25/h3-10,18,25H,1-2H3,(H2,22,26). The number of hydrogen-bond acceptors (Lipinski definition) is 3. The molecule has 1 atom stereocenters. The van der Waals surface area contributed by atoms with Crippen LogP contribution in [0.2, 0.25) is 0 Å². The summed E-state index contributed by atoms with van der Waals surface area (Å²) >= 11 is 0. The maximum absolute atomic E-state index is 14.3. The fourth-order valence-electron chi connectivity index (χ4n) is 3.38. The number of aliphatic hydroxyl groups is 1. The lowest BCUT2D eigenvalue weighted by molar-refractivity contribution is -0.125. The molecule has 0 spiro atoms. The minimum Gasteiger partial charge on any atom is -0.384 e. The molecule has 0 fully saturated rings. The van der Waals surface area contributed by atoms with Gasteiger partial charge in [0.1, 0.15) is 17.5 Å². The lowest BCUT2D eigenvalue weighted by Gasteiger charge is -2.20. The van der Waals surface area contributed by atoms with Crippen LogP contribution in [0.3, 0.4) is 0 Å². The molecule has 3 aromatic rings. The van der Waals surface area contributed by atoms with Crippen LogP contribution in [-0.2, 0) is 10.3 Å². The third-order valence-corrected chi connectivity index (χ3v) is 5.02. The Morgan fingerprint density at radius 2 is 1.96 bits per heavy atom. The van der Waals surface area contributed by atoms with Crippen molar-refractivity contribution in [2.75, 3.05) is 0 Å². The van der Waals surface area contributed by atoms with Crippen molar-refractivity contribution in [3.05, 3.63) is 65.7 Å². The zero-order chi connectivity index (χ0) is 18.6. The molecule has 3 N–H and O–H groups in total. The molecule has 26 heavy (non-hydrogen) atoms. The second-order valence-corrected chi connectivity index (χ2v) is 7.00. The average molecular weight is 351 g/mol. The van der Waals surface area contributed by atoms with E-state index in [1.54, 1.807) is 26.2 Å². The van der Waals surface area contributed by atoms with Crippen molar-refractivity contribution in [3.8, 4) is 22.3 Å². The number of nitrogens with two attached hydrogens (primary N) is 1. The van der Waals surface area contributed by atoms with E-state index >= 15 is 0 Å². The number of rotatable bonds is 3. The summed E-state index contributed by atoms with van der Waals surface area (Å²) in [5.41, 5.74) is 8.65. The zero-order valence-electron chi connectivity index (χ0n) is 14.4. The maximum atomic E-state index is 14.3. The molecule has 1 aliphatic rings. The van der Waals surface area contributed by atoms with Crippen LogP contribution in [0.15, 0.2) is 48.8 Å². The Hall–Kier alpha value is -2.99. The van der Waals surface area contributed by atoms with Crippen LogP contribution in [0, 0.1) is 5.82 Å². The topological polar surface area (TPSA) is 81.1 Å². The molecule has 2 aromatic carbocycles. The minimum absolute atomic E-state index is 0.437. The van der Waals surface area contributed by atoms with Gasteiger partial charge in [-0.15, -0.1) is 0 Å². The van der Waals surface area contributed by atoms with Gasteiger partial charge in [0.2, 0.25) is 5.91 Å². The van der Waals surface area contributed by atoms with E-state index in [0.29, 0.717) is 16.7 Å². The van der Waals surface area contributed by atoms with Crippen molar-refractivity contribution in [1.82, 2.24) is 9.78 Å². The Morgan fingerprint density at radius 1 is 1.23 bits per heavy atom. The summed E-state index contributed by atoms with van der Waals surface area (Å²) in [5.74, 6) is -0.954. The highest BCUT2D eigenvalue weighted by atomic mass is 19.1. The van der Waals surface area contributed by atoms with Gasteiger partial charge in [-0.05, 0) is 53.8 Å². The first-order valence-electron chi connectivity index (χ1n) is 8.27. The van der Waals surface area contributed by atoms with Gasteiger partial charge in [0, 0.05) is 11.8 Å². The third-order valence-electron chi connectivity index (χ3n) is 5.02. The van der Waals surface area contributed by atoms with E-state index in [-0.39, 0.29) is 0 Å². The van der Waals surface area contributed by atoms with E-state index in [2.05, 4.69) is 5.10 Å². The lowest BCUT2D eigenvalue weighted by atomic mass is 9.95. The van der Waals surface area contributed by atoms with Crippen LogP contribution in [0.5, 0.6) is 0 Å². The van der Waals surface area contributed by atoms with E-state index in [0.717, 1.165) is 16.7 Å². The number of amides is 1. The van der Waals surface area contributed by atoms with Gasteiger partial charge in [-0.25, -0.2) is 4.39 Å². The van der Waals surface area contributed by atoms with Crippen molar-refractivity contribution >= 4 is 5.91 Å². The lowest BCUT2D eigenvalue weighted by Crippen LogP contribution is -2.41. The Balaban J connectivity index is 1.93. The molecule has 1 amide bonds. The predicted octanol–water partition coefficient (Wildman–Crippen LogP) is 2.97. The third kappa shape index (κ3) is 2.26. The quantitative estimate of drug-likeness (QED) is 0.761. The summed E-state index contributed by atoms with van der Waals surface area (Å²) in [6.07, 6.45) is 2.38. The number of aliphatic hydroxyl groups excluding tert-OH is 1. The highest BCUT2D eigenvalue weighted by Gasteiger charge is 2.32. The first kappa shape index (κ1) is 16.5. The first-order chi connectivity index (χ1) is 12.3. The monoisotopic (exact) mass is 351 g/mol. The minimum atomic E-state index is -1.01. The fraction of sp³-hybridized carbons (Fsp3) is 0.200. The second kappa shape index (κ2) is 5.51. The summed E-state index contributed by atoms with van der Waals surface area (Å²) in [5, 5.41) is 14.8. The van der Waals surface area contributed by atoms with Crippen molar-refractivity contribution in [1.29, 1.82) is 0 Å². The summed E-state index contributed by atoms with van der Waals surface area (Å²) in [7, 11) is 0. The zero-order valence-corrected chi connectivity index (χ0v) is 14.4. The van der Waals surface area contributed by atoms with E-state index < -0.39 is 23.4 Å². The number of halogens is 1. The van der Waals surface area contributed by atoms with E-state index in [9.17, 15) is 14.3 Å². The molecule has 0 bridgehead atoms. The normalized spacial score (nSPS) is 15.6. The number of fused-ring (bicyclic) bond motifs is 3. The average Bonchev–Trinajstić information content (AvgIpc) is 3.20. The highest BCUT2D eigenvalue weighted by molar-refractivity contribution is 5.91. The highest BCUT2D eigenvalue weighted by Crippen LogP contribution is 2.48. The SMILES string of the molecule is CC(C)(C(N)=O)n1cc(-c2cc(F)cc3c2-c2ccccc2C3O)cn1. The second-order valence-electron chi connectivity index (χ2n) is 7.00. The van der Waals surface area contributed by atoms with Crippen LogP contribution in [-0.4, -0.2) is 20.8 Å². The Morgan fingerprint density at radius 3 is 2.69 bits per heavy atom. The molecule has 0 saturated heterocycles. The van der Waals surface area contributed by atoms with E-state index in [1.165, 1.54) is 16.8 Å². The number of aromatic nitrogens is 2. The van der Waals surface area contributed by atoms with Crippen LogP contribution in [0.4, 0.5) is 4.39 Å². The summed E-state index contributed by atoms with van der Waals surface area (Å²) in [4.78, 5) is 11.7. The number of benzene rings is 2. The van der Waals surface area contributed by atoms with Gasteiger partial charge in [-0.1, -0.05) is 24.3 Å². The molecule has 1 unspecified atom stereocenters. The van der Waals surface area contributed by atoms with Gasteiger partial charge < -0.3 is 10.8 Å². The van der Waals surface area contributed by atoms with Crippen molar-refractivity contribution in [3.63, 3.8) is 0 Å². The van der Waals surface area contributed by atoms with Gasteiger partial charge in [-0.3, -0.25) is 9.48 Å². The molecule has 0 aliphatic heterocycles. The molecule has 0 radical (unpaired) electrons. The van der Waals surface area contributed by atoms with Crippen LogP contribution < -0.4 is 5.73 Å².